The molecule has 12 nitrogen and oxygen atoms in total. The molecule has 0 saturated carbocycles. The van der Waals surface area contributed by atoms with Crippen LogP contribution in [-0.2, 0) is 17.6 Å². The van der Waals surface area contributed by atoms with E-state index in [2.05, 4.69) is 5.10 Å². The number of aromatic hydroxyl groups is 6. The highest BCUT2D eigenvalue weighted by Gasteiger charge is 2.46. The van der Waals surface area contributed by atoms with Gasteiger partial charge in [-0.1, -0.05) is 0 Å². The van der Waals surface area contributed by atoms with Crippen LogP contribution in [0.15, 0.2) is 4.79 Å². The molecule has 0 bridgehead atoms. The van der Waals surface area contributed by atoms with Gasteiger partial charge in [-0.3, -0.25) is 14.6 Å². The number of aryl methyl sites for hydroxylation is 1. The summed E-state index contributed by atoms with van der Waals surface area (Å²) in [6.45, 7) is 0.00258. The number of H-pyrrole nitrogens is 1. The lowest BCUT2D eigenvalue weighted by Gasteiger charge is -2.31. The number of rotatable bonds is 6. The number of aromatic amines is 1. The summed E-state index contributed by atoms with van der Waals surface area (Å²) in [4.78, 5) is 13.4. The molecule has 2 rings (SSSR count). The first-order valence-corrected chi connectivity index (χ1v) is 7.62. The van der Waals surface area contributed by atoms with E-state index in [4.69, 9.17) is 4.74 Å². The molecule has 8 N–H and O–H groups in total. The van der Waals surface area contributed by atoms with Gasteiger partial charge in [0.25, 0.3) is 0 Å². The topological polar surface area (TPSA) is 192 Å². The maximum atomic E-state index is 11.7. The number of benzene rings is 1. The molecule has 1 aromatic heterocycles. The Balaban J connectivity index is 2.81. The van der Waals surface area contributed by atoms with Gasteiger partial charge < -0.3 is 45.4 Å². The van der Waals surface area contributed by atoms with Gasteiger partial charge in [-0.15, -0.1) is 0 Å². The molecule has 1 atom stereocenters. The third kappa shape index (κ3) is 3.20. The Bertz CT molecular complexity index is 889. The second-order valence-electron chi connectivity index (χ2n) is 6.11. The Labute approximate surface area is 152 Å². The molecule has 1 heterocycles. The van der Waals surface area contributed by atoms with Crippen molar-refractivity contribution in [1.29, 1.82) is 0 Å². The lowest BCUT2D eigenvalue weighted by Crippen LogP contribution is -2.36. The van der Waals surface area contributed by atoms with Crippen LogP contribution < -0.4 is 5.56 Å². The van der Waals surface area contributed by atoms with Gasteiger partial charge >= 0.3 is 5.56 Å². The normalized spacial score (nSPS) is 13.8. The zero-order chi connectivity index (χ0) is 20.7. The molecule has 0 radical (unpaired) electrons. The summed E-state index contributed by atoms with van der Waals surface area (Å²) < 4.78 is 6.22. The quantitative estimate of drug-likeness (QED) is 0.168. The van der Waals surface area contributed by atoms with Crippen LogP contribution in [-0.4, -0.2) is 77.7 Å². The van der Waals surface area contributed by atoms with Crippen molar-refractivity contribution in [3.05, 3.63) is 21.6 Å². The zero-order valence-corrected chi connectivity index (χ0v) is 14.8. The van der Waals surface area contributed by atoms with Crippen molar-refractivity contribution in [2.45, 2.75) is 5.79 Å². The average Bonchev–Trinajstić information content (AvgIpc) is 2.83. The molecule has 1 aromatic carbocycles. The van der Waals surface area contributed by atoms with Gasteiger partial charge in [0.05, 0.1) is 6.61 Å². The minimum Gasteiger partial charge on any atom is -0.504 e. The van der Waals surface area contributed by atoms with Gasteiger partial charge in [0.1, 0.15) is 11.3 Å². The van der Waals surface area contributed by atoms with E-state index in [0.29, 0.717) is 0 Å². The number of nitrogens with zero attached hydrogens (tertiary/aromatic N) is 2. The Morgan fingerprint density at radius 3 is 1.85 bits per heavy atom. The second-order valence-corrected chi connectivity index (χ2v) is 6.11. The van der Waals surface area contributed by atoms with E-state index in [1.807, 2.05) is 0 Å². The van der Waals surface area contributed by atoms with Crippen molar-refractivity contribution in [3.8, 4) is 34.5 Å². The average molecular weight is 387 g/mol. The first-order valence-electron chi connectivity index (χ1n) is 7.62. The predicted molar refractivity (Wildman–Crippen MR) is 90.0 cm³/mol. The van der Waals surface area contributed by atoms with Gasteiger partial charge in [-0.25, -0.2) is 0 Å². The molecule has 0 spiro atoms. The van der Waals surface area contributed by atoms with E-state index >= 15 is 0 Å². The molecule has 0 saturated heterocycles. The van der Waals surface area contributed by atoms with E-state index < -0.39 is 57.1 Å². The Kier molecular flexibility index (Phi) is 5.17. The van der Waals surface area contributed by atoms with Crippen LogP contribution in [0.5, 0.6) is 34.5 Å². The molecule has 0 fully saturated rings. The smallest absolute Gasteiger partial charge is 0.306 e. The molecule has 0 aliphatic heterocycles. The van der Waals surface area contributed by atoms with E-state index in [1.54, 1.807) is 19.0 Å². The van der Waals surface area contributed by atoms with Crippen LogP contribution in [0.1, 0.15) is 11.3 Å². The Morgan fingerprint density at radius 1 is 0.963 bits per heavy atom. The highest BCUT2D eigenvalue weighted by atomic mass is 16.6. The fourth-order valence-corrected chi connectivity index (χ4v) is 2.56. The van der Waals surface area contributed by atoms with Gasteiger partial charge in [-0.05, 0) is 14.1 Å². The van der Waals surface area contributed by atoms with Gasteiger partial charge in [0.15, 0.2) is 11.5 Å². The van der Waals surface area contributed by atoms with Crippen LogP contribution in [0.4, 0.5) is 0 Å². The molecular formula is C15H21N3O9. The Morgan fingerprint density at radius 2 is 1.44 bits per heavy atom. The van der Waals surface area contributed by atoms with E-state index in [9.17, 15) is 40.5 Å². The number of phenols is 5. The number of ether oxygens (including phenoxy) is 1. The number of hydrogen-bond donors (Lipinski definition) is 8. The molecule has 27 heavy (non-hydrogen) atoms. The van der Waals surface area contributed by atoms with E-state index in [-0.39, 0.29) is 13.2 Å². The largest absolute Gasteiger partial charge is 0.504 e. The third-order valence-electron chi connectivity index (χ3n) is 3.92. The highest BCUT2D eigenvalue weighted by molar-refractivity contribution is 5.69. The van der Waals surface area contributed by atoms with E-state index in [0.717, 1.165) is 4.68 Å². The molecule has 0 aliphatic carbocycles. The van der Waals surface area contributed by atoms with E-state index in [1.165, 1.54) is 7.05 Å². The summed E-state index contributed by atoms with van der Waals surface area (Å²) in [7, 11) is 4.61. The maximum Gasteiger partial charge on any atom is 0.306 e. The minimum atomic E-state index is -2.90. The monoisotopic (exact) mass is 387 g/mol. The summed E-state index contributed by atoms with van der Waals surface area (Å²) >= 11 is 0. The van der Waals surface area contributed by atoms with Crippen LogP contribution >= 0.6 is 0 Å². The molecule has 12 heteroatoms. The Hall–Kier alpha value is -3.09. The summed E-state index contributed by atoms with van der Waals surface area (Å²) in [6.07, 6.45) is 0. The van der Waals surface area contributed by atoms with Crippen molar-refractivity contribution in [2.24, 2.45) is 7.05 Å². The number of nitrogens with one attached hydrogen (secondary N) is 1. The maximum absolute atomic E-state index is 11.7. The first kappa shape index (κ1) is 20.2. The molecule has 1 unspecified atom stereocenters. The predicted octanol–water partition coefficient (Wildman–Crippen LogP) is -1.28. The number of aliphatic hydroxyl groups is 1. The molecule has 2 aromatic rings. The minimum absolute atomic E-state index is 0.233. The zero-order valence-electron chi connectivity index (χ0n) is 14.8. The summed E-state index contributed by atoms with van der Waals surface area (Å²) in [6, 6.07) is 0. The number of aromatic nitrogens is 2. The van der Waals surface area contributed by atoms with Crippen molar-refractivity contribution in [3.63, 3.8) is 0 Å². The van der Waals surface area contributed by atoms with Crippen LogP contribution in [0, 0.1) is 0 Å². The van der Waals surface area contributed by atoms with Crippen molar-refractivity contribution in [2.75, 3.05) is 27.2 Å². The van der Waals surface area contributed by atoms with Gasteiger partial charge in [0.2, 0.25) is 28.8 Å². The lowest BCUT2D eigenvalue weighted by molar-refractivity contribution is -0.188. The number of phenolic OH excluding ortho intramolecular Hbond substituents is 5. The van der Waals surface area contributed by atoms with Crippen molar-refractivity contribution < 1.29 is 40.5 Å². The third-order valence-corrected chi connectivity index (χ3v) is 3.92. The lowest BCUT2D eigenvalue weighted by atomic mass is 9.97. The number of likely N-dealkylation sites (N-methyl/N-ethyl adjacent to an activating group) is 1. The summed E-state index contributed by atoms with van der Waals surface area (Å²) in [5, 5.41) is 72.8. The molecule has 150 valence electrons. The van der Waals surface area contributed by atoms with Crippen molar-refractivity contribution in [1.82, 2.24) is 14.7 Å². The number of hydrogen-bond acceptors (Lipinski definition) is 10. The summed E-state index contributed by atoms with van der Waals surface area (Å²) in [5.74, 6) is -10.1. The van der Waals surface area contributed by atoms with Crippen molar-refractivity contribution >= 4 is 0 Å². The van der Waals surface area contributed by atoms with Gasteiger partial charge in [0, 0.05) is 13.6 Å². The van der Waals surface area contributed by atoms with Gasteiger partial charge in [-0.2, -0.15) is 0 Å². The van der Waals surface area contributed by atoms with Crippen LogP contribution in [0.25, 0.3) is 0 Å². The standard InChI is InChI=1S/C15H21N3O9/c1-17(2)4-5-27-15(26,13-12(24)14(25)16-18(13)3)6-7(19)9(21)11(23)10(22)8(6)20/h19-24,26H,4-5H2,1-3H3,(H,16,25). The molecular weight excluding hydrogens is 366 g/mol. The molecule has 0 aliphatic rings. The molecule has 0 amide bonds. The first-order chi connectivity index (χ1) is 12.4. The van der Waals surface area contributed by atoms with Crippen LogP contribution in [0.2, 0.25) is 0 Å². The van der Waals surface area contributed by atoms with Crippen LogP contribution in [0.3, 0.4) is 0 Å². The second kappa shape index (κ2) is 6.90. The SMILES string of the molecule is CN(C)CCOC(O)(c1c(O)c(O)c(O)c(O)c1O)c1c(O)c(=O)[nH]n1C. The summed E-state index contributed by atoms with van der Waals surface area (Å²) in [5.41, 5.74) is -2.62. The highest BCUT2D eigenvalue weighted by Crippen LogP contribution is 2.55. The fraction of sp³-hybridized carbons (Fsp3) is 0.400. The fourth-order valence-electron chi connectivity index (χ4n) is 2.56.